The fraction of sp³-hybridized carbons (Fsp3) is 0.273. The van der Waals surface area contributed by atoms with Gasteiger partial charge in [0.15, 0.2) is 0 Å². The molecule has 13 heavy (non-hydrogen) atoms. The molecule has 0 aliphatic carbocycles. The number of hydrogen-bond donors (Lipinski definition) is 1. The third-order valence-electron chi connectivity index (χ3n) is 2.36. The molecule has 0 aliphatic rings. The van der Waals surface area contributed by atoms with E-state index in [1.165, 1.54) is 5.52 Å². The summed E-state index contributed by atoms with van der Waals surface area (Å²) in [4.78, 5) is 0. The van der Waals surface area contributed by atoms with Gasteiger partial charge in [-0.1, -0.05) is 18.2 Å². The maximum atomic E-state index is 5.62. The van der Waals surface area contributed by atoms with Crippen LogP contribution < -0.4 is 5.73 Å². The predicted molar refractivity (Wildman–Crippen MR) is 54.5 cm³/mol. The first-order valence-electron chi connectivity index (χ1n) is 4.50. The Balaban J connectivity index is 2.57. The van der Waals surface area contributed by atoms with Crippen LogP contribution in [-0.2, 0) is 0 Å². The molecule has 0 saturated carbocycles. The molecule has 0 bridgehead atoms. The van der Waals surface area contributed by atoms with Crippen LogP contribution in [0.25, 0.3) is 10.9 Å². The number of hydrogen-bond acceptors (Lipinski definition) is 1. The number of benzene rings is 1. The van der Waals surface area contributed by atoms with E-state index in [4.69, 9.17) is 5.73 Å². The first kappa shape index (κ1) is 8.32. The number of nitrogens with zero attached hydrogens (tertiary/aromatic N) is 1. The summed E-state index contributed by atoms with van der Waals surface area (Å²) < 4.78 is 2.16. The van der Waals surface area contributed by atoms with Crippen LogP contribution in [0.2, 0.25) is 0 Å². The van der Waals surface area contributed by atoms with Gasteiger partial charge in [-0.05, 0) is 13.0 Å². The van der Waals surface area contributed by atoms with E-state index in [1.54, 1.807) is 0 Å². The van der Waals surface area contributed by atoms with Crippen molar-refractivity contribution in [1.29, 1.82) is 0 Å². The van der Waals surface area contributed by atoms with Crippen LogP contribution in [-0.4, -0.2) is 11.1 Å². The van der Waals surface area contributed by atoms with E-state index in [9.17, 15) is 0 Å². The van der Waals surface area contributed by atoms with Gasteiger partial charge in [0.2, 0.25) is 0 Å². The van der Waals surface area contributed by atoms with E-state index in [1.807, 2.05) is 18.3 Å². The van der Waals surface area contributed by atoms with Gasteiger partial charge in [0.25, 0.3) is 0 Å². The third-order valence-corrected chi connectivity index (χ3v) is 2.36. The normalized spacial score (nSPS) is 13.4. The van der Waals surface area contributed by atoms with Gasteiger partial charge in [-0.3, -0.25) is 0 Å². The summed E-state index contributed by atoms with van der Waals surface area (Å²) in [6.07, 6.45) is 1.97. The average molecular weight is 173 g/mol. The highest BCUT2D eigenvalue weighted by molar-refractivity contribution is 5.79. The summed E-state index contributed by atoms with van der Waals surface area (Å²) in [5.74, 6) is 0. The Morgan fingerprint density at radius 3 is 3.00 bits per heavy atom. The molecule has 0 saturated heterocycles. The molecule has 1 radical (unpaired) electrons. The fourth-order valence-electron chi connectivity index (χ4n) is 1.51. The van der Waals surface area contributed by atoms with Gasteiger partial charge < -0.3 is 10.3 Å². The summed E-state index contributed by atoms with van der Waals surface area (Å²) in [6.45, 7) is 2.77. The molecule has 2 rings (SSSR count). The zero-order chi connectivity index (χ0) is 9.26. The van der Waals surface area contributed by atoms with Crippen LogP contribution in [0.1, 0.15) is 13.0 Å². The second-order valence-corrected chi connectivity index (χ2v) is 3.28. The smallest absolute Gasteiger partial charge is 0.0489 e. The lowest BCUT2D eigenvalue weighted by molar-refractivity contribution is 0.577. The number of nitrogens with two attached hydrogens (primary N) is 1. The minimum Gasteiger partial charge on any atom is -0.343 e. The van der Waals surface area contributed by atoms with Crippen LogP contribution in [0.5, 0.6) is 0 Å². The van der Waals surface area contributed by atoms with Crippen molar-refractivity contribution in [2.75, 3.05) is 6.54 Å². The Hall–Kier alpha value is -1.28. The molecule has 0 spiro atoms. The second kappa shape index (κ2) is 3.23. The fourth-order valence-corrected chi connectivity index (χ4v) is 1.51. The SMILES string of the molecule is CC(CN)n1c[c]c2ccccc21. The van der Waals surface area contributed by atoms with Crippen molar-refractivity contribution in [2.45, 2.75) is 13.0 Å². The van der Waals surface area contributed by atoms with E-state index in [-0.39, 0.29) is 0 Å². The van der Waals surface area contributed by atoms with Gasteiger partial charge in [0.1, 0.15) is 0 Å². The summed E-state index contributed by atoms with van der Waals surface area (Å²) in [5.41, 5.74) is 6.83. The van der Waals surface area contributed by atoms with Gasteiger partial charge in [0, 0.05) is 35.8 Å². The van der Waals surface area contributed by atoms with E-state index in [2.05, 4.69) is 29.7 Å². The van der Waals surface area contributed by atoms with E-state index >= 15 is 0 Å². The molecule has 1 atom stereocenters. The topological polar surface area (TPSA) is 30.9 Å². The Morgan fingerprint density at radius 1 is 1.46 bits per heavy atom. The van der Waals surface area contributed by atoms with Crippen molar-refractivity contribution in [2.24, 2.45) is 5.73 Å². The van der Waals surface area contributed by atoms with Crippen LogP contribution in [0.15, 0.2) is 30.5 Å². The molecule has 1 aromatic carbocycles. The largest absolute Gasteiger partial charge is 0.343 e. The summed E-state index contributed by atoms with van der Waals surface area (Å²) in [5, 5.41) is 1.16. The molecule has 1 aromatic heterocycles. The van der Waals surface area contributed by atoms with Crippen molar-refractivity contribution in [3.63, 3.8) is 0 Å². The number of para-hydroxylation sites is 1. The van der Waals surface area contributed by atoms with Crippen LogP contribution in [0.3, 0.4) is 0 Å². The van der Waals surface area contributed by atoms with Crippen molar-refractivity contribution >= 4 is 10.9 Å². The number of rotatable bonds is 2. The van der Waals surface area contributed by atoms with Crippen LogP contribution in [0, 0.1) is 6.07 Å². The quantitative estimate of drug-likeness (QED) is 0.739. The highest BCUT2D eigenvalue weighted by Crippen LogP contribution is 2.18. The minimum atomic E-state index is 0.344. The first-order valence-corrected chi connectivity index (χ1v) is 4.50. The Morgan fingerprint density at radius 2 is 2.23 bits per heavy atom. The zero-order valence-corrected chi connectivity index (χ0v) is 7.70. The van der Waals surface area contributed by atoms with Gasteiger partial charge in [-0.15, -0.1) is 0 Å². The molecule has 1 heterocycles. The lowest BCUT2D eigenvalue weighted by Gasteiger charge is -2.12. The molecule has 1 unspecified atom stereocenters. The predicted octanol–water partition coefficient (Wildman–Crippen LogP) is 1.96. The molecular weight excluding hydrogens is 160 g/mol. The molecule has 67 valence electrons. The number of aromatic nitrogens is 1. The molecular formula is C11H13N2. The summed E-state index contributed by atoms with van der Waals surface area (Å²) in [7, 11) is 0. The maximum absolute atomic E-state index is 5.62. The third kappa shape index (κ3) is 1.33. The highest BCUT2D eigenvalue weighted by atomic mass is 15.0. The van der Waals surface area contributed by atoms with E-state index < -0.39 is 0 Å². The Bertz CT molecular complexity index is 403. The van der Waals surface area contributed by atoms with Crippen LogP contribution >= 0.6 is 0 Å². The highest BCUT2D eigenvalue weighted by Gasteiger charge is 2.05. The summed E-state index contributed by atoms with van der Waals surface area (Å²) in [6, 6.07) is 11.8. The van der Waals surface area contributed by atoms with Crippen molar-refractivity contribution in [3.05, 3.63) is 36.5 Å². The zero-order valence-electron chi connectivity index (χ0n) is 7.70. The molecule has 2 aromatic rings. The molecule has 2 N–H and O–H groups in total. The van der Waals surface area contributed by atoms with Crippen molar-refractivity contribution in [3.8, 4) is 0 Å². The minimum absolute atomic E-state index is 0.344. The average Bonchev–Trinajstić information content (AvgIpc) is 2.60. The standard InChI is InChI=1S/C11H13N2/c1-9(8-12)13-7-6-10-4-2-3-5-11(10)13/h2-5,7,9H,8,12H2,1H3. The second-order valence-electron chi connectivity index (χ2n) is 3.28. The Labute approximate surface area is 78.0 Å². The van der Waals surface area contributed by atoms with Gasteiger partial charge in [-0.25, -0.2) is 0 Å². The Kier molecular flexibility index (Phi) is 2.07. The summed E-state index contributed by atoms with van der Waals surface area (Å²) >= 11 is 0. The lowest BCUT2D eigenvalue weighted by Crippen LogP contribution is -2.14. The number of fused-ring (bicyclic) bond motifs is 1. The molecule has 0 amide bonds. The van der Waals surface area contributed by atoms with Crippen LogP contribution in [0.4, 0.5) is 0 Å². The first-order chi connectivity index (χ1) is 6.33. The lowest BCUT2D eigenvalue weighted by atomic mass is 10.2. The molecule has 0 aliphatic heterocycles. The van der Waals surface area contributed by atoms with Gasteiger partial charge >= 0.3 is 0 Å². The maximum Gasteiger partial charge on any atom is 0.0489 e. The monoisotopic (exact) mass is 173 g/mol. The van der Waals surface area contributed by atoms with Crippen molar-refractivity contribution < 1.29 is 0 Å². The molecule has 2 nitrogen and oxygen atoms in total. The van der Waals surface area contributed by atoms with E-state index in [0.717, 1.165) is 5.39 Å². The molecule has 2 heteroatoms. The molecule has 0 fully saturated rings. The van der Waals surface area contributed by atoms with Gasteiger partial charge in [-0.2, -0.15) is 0 Å². The van der Waals surface area contributed by atoms with Crippen molar-refractivity contribution in [1.82, 2.24) is 4.57 Å². The van der Waals surface area contributed by atoms with Gasteiger partial charge in [0.05, 0.1) is 0 Å². The van der Waals surface area contributed by atoms with E-state index in [0.29, 0.717) is 12.6 Å².